The predicted octanol–water partition coefficient (Wildman–Crippen LogP) is 5.20. The quantitative estimate of drug-likeness (QED) is 0.644. The summed E-state index contributed by atoms with van der Waals surface area (Å²) in [6.07, 6.45) is 0.847. The lowest BCUT2D eigenvalue weighted by Gasteiger charge is -2.11. The first-order valence-electron chi connectivity index (χ1n) is 7.28. The summed E-state index contributed by atoms with van der Waals surface area (Å²) in [5, 5.41) is 6.58. The Bertz CT molecular complexity index is 836. The van der Waals surface area contributed by atoms with Crippen molar-refractivity contribution in [1.29, 1.82) is 0 Å². The van der Waals surface area contributed by atoms with E-state index in [9.17, 15) is 0 Å². The molecule has 5 heteroatoms. The number of ether oxygens (including phenoxy) is 1. The third-order valence-corrected chi connectivity index (χ3v) is 4.03. The van der Waals surface area contributed by atoms with Crippen LogP contribution in [0.5, 0.6) is 5.75 Å². The molecule has 0 atom stereocenters. The molecule has 0 saturated carbocycles. The number of anilines is 1. The maximum atomic E-state index is 6.11. The van der Waals surface area contributed by atoms with E-state index in [2.05, 4.69) is 16.4 Å². The number of fused-ring (bicyclic) bond motifs is 1. The molecular weight excluding hydrogens is 331 g/mol. The molecule has 23 heavy (non-hydrogen) atoms. The molecule has 2 aromatic carbocycles. The van der Waals surface area contributed by atoms with Gasteiger partial charge < -0.3 is 10.1 Å². The van der Waals surface area contributed by atoms with Crippen molar-refractivity contribution in [3.8, 4) is 5.75 Å². The minimum atomic E-state index is 0.466. The third-order valence-electron chi connectivity index (χ3n) is 3.60. The number of pyridine rings is 1. The van der Waals surface area contributed by atoms with E-state index in [1.807, 2.05) is 42.5 Å². The molecule has 0 amide bonds. The number of benzene rings is 2. The molecule has 0 spiro atoms. The molecule has 1 N–H and O–H groups in total. The molecule has 0 radical (unpaired) electrons. The van der Waals surface area contributed by atoms with Crippen molar-refractivity contribution < 1.29 is 4.74 Å². The summed E-state index contributed by atoms with van der Waals surface area (Å²) in [5.41, 5.74) is 1.17. The van der Waals surface area contributed by atoms with Crippen LogP contribution in [0.1, 0.15) is 5.56 Å². The number of halogens is 2. The van der Waals surface area contributed by atoms with Crippen molar-refractivity contribution in [3.05, 3.63) is 64.3 Å². The molecule has 0 unspecified atom stereocenters. The van der Waals surface area contributed by atoms with E-state index in [4.69, 9.17) is 27.9 Å². The summed E-state index contributed by atoms with van der Waals surface area (Å²) in [4.78, 5) is 4.40. The average molecular weight is 347 g/mol. The molecule has 118 valence electrons. The van der Waals surface area contributed by atoms with Gasteiger partial charge in [0, 0.05) is 17.0 Å². The number of hydrogen-bond donors (Lipinski definition) is 1. The van der Waals surface area contributed by atoms with Gasteiger partial charge in [0.1, 0.15) is 16.7 Å². The standard InChI is InChI=1S/C18H16Cl2N2O/c1-23-15-6-5-13-10-17(20)22-18(16(13)11-15)21-8-7-12-3-2-4-14(19)9-12/h2-6,9-11H,7-8H2,1H3,(H,21,22). The number of aromatic nitrogens is 1. The summed E-state index contributed by atoms with van der Waals surface area (Å²) < 4.78 is 5.29. The predicted molar refractivity (Wildman–Crippen MR) is 97.0 cm³/mol. The van der Waals surface area contributed by atoms with E-state index in [1.165, 1.54) is 5.56 Å². The highest BCUT2D eigenvalue weighted by Gasteiger charge is 2.06. The Labute approximate surface area is 145 Å². The molecule has 1 aromatic heterocycles. The second-order valence-corrected chi connectivity index (χ2v) is 6.01. The second-order valence-electron chi connectivity index (χ2n) is 5.19. The smallest absolute Gasteiger partial charge is 0.135 e. The molecule has 0 aliphatic carbocycles. The first-order chi connectivity index (χ1) is 11.2. The lowest BCUT2D eigenvalue weighted by Crippen LogP contribution is -2.07. The highest BCUT2D eigenvalue weighted by Crippen LogP contribution is 2.28. The van der Waals surface area contributed by atoms with Crippen LogP contribution in [0.3, 0.4) is 0 Å². The van der Waals surface area contributed by atoms with Crippen LogP contribution in [-0.4, -0.2) is 18.6 Å². The van der Waals surface area contributed by atoms with Gasteiger partial charge in [0.2, 0.25) is 0 Å². The van der Waals surface area contributed by atoms with Gasteiger partial charge in [-0.1, -0.05) is 41.4 Å². The van der Waals surface area contributed by atoms with Crippen LogP contribution in [0.4, 0.5) is 5.82 Å². The van der Waals surface area contributed by atoms with Gasteiger partial charge in [-0.05, 0) is 47.7 Å². The van der Waals surface area contributed by atoms with Crippen LogP contribution < -0.4 is 10.1 Å². The van der Waals surface area contributed by atoms with E-state index in [0.717, 1.165) is 40.3 Å². The fourth-order valence-corrected chi connectivity index (χ4v) is 2.89. The van der Waals surface area contributed by atoms with E-state index in [1.54, 1.807) is 7.11 Å². The second kappa shape index (κ2) is 7.07. The number of nitrogens with zero attached hydrogens (tertiary/aromatic N) is 1. The molecule has 0 aliphatic heterocycles. The van der Waals surface area contributed by atoms with Crippen molar-refractivity contribution in [3.63, 3.8) is 0 Å². The molecule has 0 fully saturated rings. The van der Waals surface area contributed by atoms with Crippen LogP contribution in [0, 0.1) is 0 Å². The summed E-state index contributed by atoms with van der Waals surface area (Å²) >= 11 is 12.1. The van der Waals surface area contributed by atoms with Crippen molar-refractivity contribution in [2.24, 2.45) is 0 Å². The lowest BCUT2D eigenvalue weighted by atomic mass is 10.1. The Kier molecular flexibility index (Phi) is 4.89. The van der Waals surface area contributed by atoms with Gasteiger partial charge in [0.25, 0.3) is 0 Å². The van der Waals surface area contributed by atoms with Gasteiger partial charge in [-0.2, -0.15) is 0 Å². The lowest BCUT2D eigenvalue weighted by molar-refractivity contribution is 0.415. The molecule has 0 bridgehead atoms. The summed E-state index contributed by atoms with van der Waals surface area (Å²) in [6, 6.07) is 15.5. The van der Waals surface area contributed by atoms with Crippen molar-refractivity contribution >= 4 is 39.8 Å². The van der Waals surface area contributed by atoms with Crippen LogP contribution in [-0.2, 0) is 6.42 Å². The SMILES string of the molecule is COc1ccc2cc(Cl)nc(NCCc3cccc(Cl)c3)c2c1. The van der Waals surface area contributed by atoms with Crippen LogP contribution in [0.2, 0.25) is 10.2 Å². The van der Waals surface area contributed by atoms with Crippen LogP contribution in [0.15, 0.2) is 48.5 Å². The number of methoxy groups -OCH3 is 1. The zero-order chi connectivity index (χ0) is 16.2. The van der Waals surface area contributed by atoms with Gasteiger partial charge in [-0.3, -0.25) is 0 Å². The highest BCUT2D eigenvalue weighted by atomic mass is 35.5. The van der Waals surface area contributed by atoms with Crippen LogP contribution in [0.25, 0.3) is 10.8 Å². The van der Waals surface area contributed by atoms with Crippen molar-refractivity contribution in [2.45, 2.75) is 6.42 Å². The zero-order valence-electron chi connectivity index (χ0n) is 12.6. The molecule has 1 heterocycles. The topological polar surface area (TPSA) is 34.1 Å². The summed E-state index contributed by atoms with van der Waals surface area (Å²) in [7, 11) is 1.65. The molecular formula is C18H16Cl2N2O. The zero-order valence-corrected chi connectivity index (χ0v) is 14.2. The molecule has 3 rings (SSSR count). The Balaban J connectivity index is 1.81. The summed E-state index contributed by atoms with van der Waals surface area (Å²) in [6.45, 7) is 0.736. The Morgan fingerprint density at radius 3 is 2.74 bits per heavy atom. The van der Waals surface area contributed by atoms with Gasteiger partial charge >= 0.3 is 0 Å². The number of rotatable bonds is 5. The minimum absolute atomic E-state index is 0.466. The normalized spacial score (nSPS) is 10.7. The maximum Gasteiger partial charge on any atom is 0.135 e. The first kappa shape index (κ1) is 15.9. The maximum absolute atomic E-state index is 6.11. The van der Waals surface area contributed by atoms with Gasteiger partial charge in [0.05, 0.1) is 7.11 Å². The Hall–Kier alpha value is -1.97. The monoisotopic (exact) mass is 346 g/mol. The van der Waals surface area contributed by atoms with Crippen LogP contribution >= 0.6 is 23.2 Å². The van der Waals surface area contributed by atoms with E-state index in [0.29, 0.717) is 5.15 Å². The van der Waals surface area contributed by atoms with E-state index >= 15 is 0 Å². The number of hydrogen-bond acceptors (Lipinski definition) is 3. The van der Waals surface area contributed by atoms with Gasteiger partial charge in [0.15, 0.2) is 0 Å². The Morgan fingerprint density at radius 2 is 1.96 bits per heavy atom. The van der Waals surface area contributed by atoms with E-state index < -0.39 is 0 Å². The van der Waals surface area contributed by atoms with Gasteiger partial charge in [-0.15, -0.1) is 0 Å². The fourth-order valence-electron chi connectivity index (χ4n) is 2.47. The van der Waals surface area contributed by atoms with Gasteiger partial charge in [-0.25, -0.2) is 4.98 Å². The van der Waals surface area contributed by atoms with Crippen molar-refractivity contribution in [1.82, 2.24) is 4.98 Å². The average Bonchev–Trinajstić information content (AvgIpc) is 2.54. The molecule has 3 aromatic rings. The Morgan fingerprint density at radius 1 is 1.09 bits per heavy atom. The highest BCUT2D eigenvalue weighted by molar-refractivity contribution is 6.30. The van der Waals surface area contributed by atoms with E-state index in [-0.39, 0.29) is 0 Å². The minimum Gasteiger partial charge on any atom is -0.497 e. The fraction of sp³-hybridized carbons (Fsp3) is 0.167. The largest absolute Gasteiger partial charge is 0.497 e. The van der Waals surface area contributed by atoms with Crippen molar-refractivity contribution in [2.75, 3.05) is 19.0 Å². The third kappa shape index (κ3) is 3.87. The molecule has 3 nitrogen and oxygen atoms in total. The number of nitrogens with one attached hydrogen (secondary N) is 1. The first-order valence-corrected chi connectivity index (χ1v) is 8.04. The molecule has 0 saturated heterocycles. The molecule has 0 aliphatic rings. The summed E-state index contributed by atoms with van der Waals surface area (Å²) in [5.74, 6) is 1.55.